The molecule has 0 unspecified atom stereocenters. The fraction of sp³-hybridized carbons (Fsp3) is 0.717. The number of carboxylic acid groups (broad SMARTS) is 1. The summed E-state index contributed by atoms with van der Waals surface area (Å²) in [5.74, 6) is -5.56. The van der Waals surface area contributed by atoms with Gasteiger partial charge in [-0.05, 0) is 31.2 Å². The molecule has 1 aliphatic rings. The van der Waals surface area contributed by atoms with Gasteiger partial charge < -0.3 is 75.2 Å². The molecule has 0 spiro atoms. The van der Waals surface area contributed by atoms with Gasteiger partial charge in [0.05, 0.1) is 96.9 Å². The van der Waals surface area contributed by atoms with Crippen LogP contribution in [-0.2, 0) is 65.4 Å². The lowest BCUT2D eigenvalue weighted by Crippen LogP contribution is -2.68. The van der Waals surface area contributed by atoms with Crippen molar-refractivity contribution in [3.63, 3.8) is 0 Å². The molecule has 9 N–H and O–H groups in total. The summed E-state index contributed by atoms with van der Waals surface area (Å²) in [7, 11) is 0. The molecule has 390 valence electrons. The number of nitrogens with zero attached hydrogens (tertiary/aromatic N) is 3. The van der Waals surface area contributed by atoms with E-state index in [1.165, 1.54) is 0 Å². The lowest BCUT2D eigenvalue weighted by molar-refractivity contribution is -0.310. The van der Waals surface area contributed by atoms with E-state index in [-0.39, 0.29) is 24.8 Å². The van der Waals surface area contributed by atoms with Crippen molar-refractivity contribution in [3.8, 4) is 11.3 Å². The molecule has 1 saturated heterocycles. The Morgan fingerprint density at radius 1 is 0.768 bits per heavy atom. The number of aromatic nitrogens is 3. The molecule has 4 amide bonds. The summed E-state index contributed by atoms with van der Waals surface area (Å²) in [6.45, 7) is 7.20. The minimum atomic E-state index is -2.46. The van der Waals surface area contributed by atoms with Gasteiger partial charge in [0, 0.05) is 44.5 Å². The third-order valence-electron chi connectivity index (χ3n) is 10.9. The number of aliphatic hydroxyl groups excluding tert-OH is 4. The van der Waals surface area contributed by atoms with E-state index < -0.39 is 73.6 Å². The average Bonchev–Trinajstić information content (AvgIpc) is 3.82. The molecule has 0 bridgehead atoms. The Bertz CT molecular complexity index is 1790. The van der Waals surface area contributed by atoms with Gasteiger partial charge in [0.25, 0.3) is 5.79 Å². The fourth-order valence-electron chi connectivity index (χ4n) is 6.99. The maximum absolute atomic E-state index is 12.9. The molecule has 1 aromatic heterocycles. The summed E-state index contributed by atoms with van der Waals surface area (Å²) in [5.41, 5.74) is 1.98. The first-order valence-corrected chi connectivity index (χ1v) is 23.9. The number of carbonyl (C=O) groups is 5. The Balaban J connectivity index is 1.38. The van der Waals surface area contributed by atoms with Crippen LogP contribution < -0.4 is 21.3 Å². The standard InChI is InChI=1S/C46H75N7O16/c1-3-5-10-38(57)48-17-8-6-7-9-19-68-46(45(62)63)29-36(55)42(50-41(60)32-54)44(69-46)43(61)37(56)30-49-40(59)28-33-11-13-34(14-12-33)35-31-53(52-51-35)18-21-65-23-25-67-27-26-66-24-22-64-20-15-39(58)47-16-4-2/h11-14,31,36-37,42-44,54-56,61H,3-10,15-30,32H2,1-2H3,(H,47,58)(H,48,57)(H,49,59)(H,50,60)(H,62,63)/t36-,37+,42+,43+,44+,46+/m0/s1. The van der Waals surface area contributed by atoms with Gasteiger partial charge in [0.15, 0.2) is 0 Å². The van der Waals surface area contributed by atoms with E-state index in [9.17, 15) is 49.5 Å². The third-order valence-corrected chi connectivity index (χ3v) is 10.9. The van der Waals surface area contributed by atoms with E-state index in [4.69, 9.17) is 28.4 Å². The highest BCUT2D eigenvalue weighted by atomic mass is 16.7. The smallest absolute Gasteiger partial charge is 0.364 e. The monoisotopic (exact) mass is 982 g/mol. The summed E-state index contributed by atoms with van der Waals surface area (Å²) in [4.78, 5) is 61.0. The second-order valence-electron chi connectivity index (χ2n) is 16.5. The molecule has 69 heavy (non-hydrogen) atoms. The van der Waals surface area contributed by atoms with Crippen LogP contribution in [0, 0.1) is 0 Å². The Hall–Kier alpha value is -4.69. The van der Waals surface area contributed by atoms with Crippen LogP contribution in [0.4, 0.5) is 0 Å². The van der Waals surface area contributed by atoms with Crippen molar-refractivity contribution in [1.29, 1.82) is 0 Å². The molecule has 1 fully saturated rings. The quantitative estimate of drug-likeness (QED) is 0.0387. The lowest BCUT2D eigenvalue weighted by atomic mass is 9.88. The molecule has 1 aromatic carbocycles. The Labute approximate surface area is 403 Å². The molecule has 2 heterocycles. The molecule has 23 nitrogen and oxygen atoms in total. The van der Waals surface area contributed by atoms with E-state index in [1.54, 1.807) is 35.1 Å². The van der Waals surface area contributed by atoms with Crippen LogP contribution in [-0.4, -0.2) is 192 Å². The van der Waals surface area contributed by atoms with E-state index >= 15 is 0 Å². The van der Waals surface area contributed by atoms with Crippen molar-refractivity contribution in [3.05, 3.63) is 36.0 Å². The summed E-state index contributed by atoms with van der Waals surface area (Å²) in [6, 6.07) is 5.54. The molecule has 6 atom stereocenters. The van der Waals surface area contributed by atoms with Crippen LogP contribution in [0.5, 0.6) is 0 Å². The van der Waals surface area contributed by atoms with E-state index in [1.807, 2.05) is 13.8 Å². The van der Waals surface area contributed by atoms with Crippen molar-refractivity contribution in [1.82, 2.24) is 36.3 Å². The number of nitrogens with one attached hydrogen (secondary N) is 4. The molecule has 1 aliphatic heterocycles. The van der Waals surface area contributed by atoms with Gasteiger partial charge in [-0.25, -0.2) is 9.48 Å². The van der Waals surface area contributed by atoms with Crippen molar-refractivity contribution in [2.75, 3.05) is 85.7 Å². The van der Waals surface area contributed by atoms with Gasteiger partial charge in [0.1, 0.15) is 24.5 Å². The first kappa shape index (κ1) is 58.6. The molecule has 0 saturated carbocycles. The van der Waals surface area contributed by atoms with Crippen molar-refractivity contribution in [2.24, 2.45) is 0 Å². The molecule has 23 heteroatoms. The zero-order valence-electron chi connectivity index (χ0n) is 40.0. The normalized spacial score (nSPS) is 18.8. The molecule has 0 radical (unpaired) electrons. The highest BCUT2D eigenvalue weighted by Gasteiger charge is 2.55. The van der Waals surface area contributed by atoms with E-state index in [0.717, 1.165) is 31.2 Å². The minimum absolute atomic E-state index is 0.00339. The Morgan fingerprint density at radius 2 is 1.41 bits per heavy atom. The van der Waals surface area contributed by atoms with Gasteiger partial charge in [0.2, 0.25) is 23.6 Å². The van der Waals surface area contributed by atoms with Crippen LogP contribution in [0.1, 0.15) is 83.6 Å². The van der Waals surface area contributed by atoms with Crippen LogP contribution in [0.3, 0.4) is 0 Å². The largest absolute Gasteiger partial charge is 0.477 e. The number of benzene rings is 1. The lowest BCUT2D eigenvalue weighted by Gasteiger charge is -2.46. The maximum Gasteiger partial charge on any atom is 0.364 e. The molecule has 2 aromatic rings. The molecule has 0 aliphatic carbocycles. The average molecular weight is 982 g/mol. The number of rotatable bonds is 38. The Morgan fingerprint density at radius 3 is 2.06 bits per heavy atom. The highest BCUT2D eigenvalue weighted by Crippen LogP contribution is 2.34. The number of aliphatic carboxylic acids is 1. The zero-order chi connectivity index (χ0) is 50.3. The van der Waals surface area contributed by atoms with Crippen LogP contribution in [0.25, 0.3) is 11.3 Å². The third kappa shape index (κ3) is 22.7. The molecule has 3 rings (SSSR count). The Kier molecular flexibility index (Phi) is 28.7. The van der Waals surface area contributed by atoms with Gasteiger partial charge in [-0.3, -0.25) is 19.2 Å². The van der Waals surface area contributed by atoms with Crippen molar-refractivity contribution in [2.45, 2.75) is 127 Å². The van der Waals surface area contributed by atoms with Crippen molar-refractivity contribution < 1.29 is 77.9 Å². The van der Waals surface area contributed by atoms with Crippen molar-refractivity contribution >= 4 is 29.6 Å². The predicted octanol–water partition coefficient (Wildman–Crippen LogP) is -0.400. The SMILES string of the molecule is CCCCC(=O)NCCCCCCO[C@]1(C(=O)O)C[C@H](O)[C@@H](NC(=O)CO)[C@H]([C@H](O)[C@H](O)CNC(=O)Cc2ccc(-c3cn(CCOCCOCCOCCOCCC(=O)NCCC)nn3)cc2)O1. The predicted molar refractivity (Wildman–Crippen MR) is 247 cm³/mol. The number of hydrogen-bond donors (Lipinski definition) is 9. The van der Waals surface area contributed by atoms with E-state index in [2.05, 4.69) is 31.6 Å². The molecular weight excluding hydrogens is 907 g/mol. The van der Waals surface area contributed by atoms with Gasteiger partial charge in [-0.15, -0.1) is 5.10 Å². The summed E-state index contributed by atoms with van der Waals surface area (Å²) >= 11 is 0. The number of carbonyl (C=O) groups excluding carboxylic acids is 4. The number of amides is 4. The second-order valence-corrected chi connectivity index (χ2v) is 16.5. The first-order chi connectivity index (χ1) is 33.3. The number of ether oxygens (including phenoxy) is 6. The second kappa shape index (κ2) is 33.8. The van der Waals surface area contributed by atoms with Gasteiger partial charge in [-0.1, -0.05) is 62.6 Å². The topological polar surface area (TPSA) is 321 Å². The number of aliphatic hydroxyl groups is 4. The number of hydrogen-bond acceptors (Lipinski definition) is 17. The van der Waals surface area contributed by atoms with Crippen LogP contribution in [0.2, 0.25) is 0 Å². The van der Waals surface area contributed by atoms with Gasteiger partial charge >= 0.3 is 5.97 Å². The van der Waals surface area contributed by atoms with Crippen LogP contribution in [0.15, 0.2) is 30.5 Å². The van der Waals surface area contributed by atoms with Gasteiger partial charge in [-0.2, -0.15) is 0 Å². The molecular formula is C46H75N7O16. The zero-order valence-corrected chi connectivity index (χ0v) is 40.0. The van der Waals surface area contributed by atoms with E-state index in [0.29, 0.717) is 116 Å². The number of carboxylic acids is 1. The maximum atomic E-state index is 12.9. The summed E-state index contributed by atoms with van der Waals surface area (Å²) in [5, 5.41) is 71.7. The highest BCUT2D eigenvalue weighted by molar-refractivity contribution is 5.79. The first-order valence-electron chi connectivity index (χ1n) is 23.9. The summed E-state index contributed by atoms with van der Waals surface area (Å²) < 4.78 is 35.1. The minimum Gasteiger partial charge on any atom is -0.477 e. The summed E-state index contributed by atoms with van der Waals surface area (Å²) in [6.07, 6.45) is -0.184. The number of unbranched alkanes of at least 4 members (excludes halogenated alkanes) is 4. The fourth-order valence-corrected chi connectivity index (χ4v) is 6.99. The van der Waals surface area contributed by atoms with Crippen LogP contribution >= 0.6 is 0 Å².